The molecule has 1 aliphatic rings. The first-order valence-corrected chi connectivity index (χ1v) is 9.40. The van der Waals surface area contributed by atoms with Gasteiger partial charge < -0.3 is 14.2 Å². The van der Waals surface area contributed by atoms with Crippen LogP contribution in [0, 0.1) is 6.92 Å². The quantitative estimate of drug-likeness (QED) is 0.568. The van der Waals surface area contributed by atoms with Gasteiger partial charge in [0.05, 0.1) is 12.7 Å². The minimum Gasteiger partial charge on any atom is -0.497 e. The van der Waals surface area contributed by atoms with E-state index in [0.717, 1.165) is 21.8 Å². The summed E-state index contributed by atoms with van der Waals surface area (Å²) in [6.07, 6.45) is 1.78. The Balaban J connectivity index is 1.53. The van der Waals surface area contributed by atoms with Crippen molar-refractivity contribution in [3.05, 3.63) is 81.2 Å². The van der Waals surface area contributed by atoms with E-state index in [1.165, 1.54) is 0 Å². The van der Waals surface area contributed by atoms with Crippen molar-refractivity contribution < 1.29 is 19.0 Å². The fourth-order valence-corrected chi connectivity index (χ4v) is 3.60. The van der Waals surface area contributed by atoms with Gasteiger partial charge in [0, 0.05) is 17.0 Å². The molecule has 3 aromatic rings. The molecule has 4 rings (SSSR count). The molecule has 1 aliphatic heterocycles. The van der Waals surface area contributed by atoms with Gasteiger partial charge in [0.2, 0.25) is 5.78 Å². The average molecular weight is 378 g/mol. The van der Waals surface area contributed by atoms with Gasteiger partial charge in [0.1, 0.15) is 23.9 Å². The van der Waals surface area contributed by atoms with Gasteiger partial charge in [-0.3, -0.25) is 4.79 Å². The number of fused-ring (bicyclic) bond motifs is 1. The number of benzene rings is 2. The molecule has 0 atom stereocenters. The van der Waals surface area contributed by atoms with Crippen LogP contribution in [0.4, 0.5) is 0 Å². The van der Waals surface area contributed by atoms with E-state index < -0.39 is 0 Å². The maximum absolute atomic E-state index is 12.7. The van der Waals surface area contributed by atoms with E-state index in [0.29, 0.717) is 29.4 Å². The molecule has 0 unspecified atom stereocenters. The van der Waals surface area contributed by atoms with Gasteiger partial charge in [-0.2, -0.15) is 0 Å². The minimum absolute atomic E-state index is 0.0856. The Morgan fingerprint density at radius 1 is 1.11 bits per heavy atom. The molecule has 2 aromatic carbocycles. The number of ether oxygens (including phenoxy) is 3. The predicted octanol–water partition coefficient (Wildman–Crippen LogP) is 5.26. The van der Waals surface area contributed by atoms with Crippen LogP contribution in [-0.4, -0.2) is 12.9 Å². The Kier molecular flexibility index (Phi) is 4.69. The molecule has 27 heavy (non-hydrogen) atoms. The first-order valence-electron chi connectivity index (χ1n) is 8.52. The highest BCUT2D eigenvalue weighted by atomic mass is 32.1. The molecular weight excluding hydrogens is 360 g/mol. The van der Waals surface area contributed by atoms with Crippen molar-refractivity contribution in [2.24, 2.45) is 0 Å². The van der Waals surface area contributed by atoms with Gasteiger partial charge in [-0.25, -0.2) is 0 Å². The number of methoxy groups -OCH3 is 1. The summed E-state index contributed by atoms with van der Waals surface area (Å²) in [5.74, 6) is 2.30. The second kappa shape index (κ2) is 7.29. The molecule has 1 aromatic heterocycles. The second-order valence-corrected chi connectivity index (χ2v) is 7.18. The molecule has 0 saturated heterocycles. The summed E-state index contributed by atoms with van der Waals surface area (Å²) in [5.41, 5.74) is 2.48. The molecule has 0 bridgehead atoms. The zero-order chi connectivity index (χ0) is 18.8. The van der Waals surface area contributed by atoms with Crippen molar-refractivity contribution in [3.63, 3.8) is 0 Å². The minimum atomic E-state index is -0.0856. The zero-order valence-corrected chi connectivity index (χ0v) is 15.8. The van der Waals surface area contributed by atoms with E-state index in [9.17, 15) is 4.79 Å². The molecule has 2 heterocycles. The number of hydrogen-bond acceptors (Lipinski definition) is 5. The maximum Gasteiger partial charge on any atom is 0.232 e. The number of aryl methyl sites for hydroxylation is 1. The molecule has 0 N–H and O–H groups in total. The number of carbonyl (C=O) groups is 1. The monoisotopic (exact) mass is 378 g/mol. The van der Waals surface area contributed by atoms with E-state index in [1.807, 2.05) is 54.8 Å². The summed E-state index contributed by atoms with van der Waals surface area (Å²) in [5, 5.41) is 1.97. The molecule has 0 fully saturated rings. The highest BCUT2D eigenvalue weighted by Crippen LogP contribution is 2.38. The highest BCUT2D eigenvalue weighted by molar-refractivity contribution is 7.10. The number of carbonyl (C=O) groups excluding carboxylic acids is 1. The number of allylic oxidation sites excluding steroid dienone is 1. The number of ketones is 1. The van der Waals surface area contributed by atoms with Crippen LogP contribution in [0.5, 0.6) is 17.2 Å². The van der Waals surface area contributed by atoms with Crippen LogP contribution in [0.2, 0.25) is 0 Å². The van der Waals surface area contributed by atoms with Crippen LogP contribution in [0.15, 0.2) is 59.7 Å². The van der Waals surface area contributed by atoms with Gasteiger partial charge in [-0.1, -0.05) is 18.2 Å². The largest absolute Gasteiger partial charge is 0.497 e. The molecule has 0 amide bonds. The zero-order valence-electron chi connectivity index (χ0n) is 15.0. The molecule has 4 nitrogen and oxygen atoms in total. The lowest BCUT2D eigenvalue weighted by atomic mass is 10.0. The molecule has 0 saturated carbocycles. The van der Waals surface area contributed by atoms with Crippen LogP contribution in [0.3, 0.4) is 0 Å². The SMILES string of the molecule is COc1ccc(COc2cc(C)c3c(c2)O/C(=C\c2cccs2)C3=O)cc1. The topological polar surface area (TPSA) is 44.8 Å². The lowest BCUT2D eigenvalue weighted by molar-refractivity contribution is 0.101. The molecule has 0 aliphatic carbocycles. The van der Waals surface area contributed by atoms with Crippen LogP contribution < -0.4 is 14.2 Å². The Hall–Kier alpha value is -3.05. The van der Waals surface area contributed by atoms with Crippen molar-refractivity contribution in [2.45, 2.75) is 13.5 Å². The molecule has 0 radical (unpaired) electrons. The summed E-state index contributed by atoms with van der Waals surface area (Å²) < 4.78 is 16.9. The van der Waals surface area contributed by atoms with Crippen molar-refractivity contribution in [1.29, 1.82) is 0 Å². The van der Waals surface area contributed by atoms with E-state index in [2.05, 4.69) is 0 Å². The fraction of sp³-hybridized carbons (Fsp3) is 0.136. The van der Waals surface area contributed by atoms with Gasteiger partial charge in [-0.15, -0.1) is 11.3 Å². The number of Topliss-reactive ketones (excluding diaryl/α,β-unsaturated/α-hetero) is 1. The summed E-state index contributed by atoms with van der Waals surface area (Å²) in [4.78, 5) is 13.6. The number of thiophene rings is 1. The van der Waals surface area contributed by atoms with Crippen LogP contribution in [-0.2, 0) is 6.61 Å². The van der Waals surface area contributed by atoms with Crippen LogP contribution in [0.1, 0.15) is 26.4 Å². The first kappa shape index (κ1) is 17.4. The van der Waals surface area contributed by atoms with Crippen molar-refractivity contribution in [3.8, 4) is 17.2 Å². The first-order chi connectivity index (χ1) is 13.1. The highest BCUT2D eigenvalue weighted by Gasteiger charge is 2.30. The second-order valence-electron chi connectivity index (χ2n) is 6.21. The standard InChI is InChI=1S/C22H18O4S/c1-14-10-17(25-13-15-5-7-16(24-2)8-6-15)11-19-21(14)22(23)20(26-19)12-18-4-3-9-27-18/h3-12H,13H2,1-2H3/b20-12-. The molecule has 136 valence electrons. The summed E-state index contributed by atoms with van der Waals surface area (Å²) in [6, 6.07) is 15.3. The number of hydrogen-bond donors (Lipinski definition) is 0. The predicted molar refractivity (Wildman–Crippen MR) is 106 cm³/mol. The maximum atomic E-state index is 12.7. The summed E-state index contributed by atoms with van der Waals surface area (Å²) in [6.45, 7) is 2.32. The third kappa shape index (κ3) is 3.59. The fourth-order valence-electron chi connectivity index (χ4n) is 2.95. The Morgan fingerprint density at radius 3 is 2.63 bits per heavy atom. The summed E-state index contributed by atoms with van der Waals surface area (Å²) >= 11 is 1.56. The van der Waals surface area contributed by atoms with Gasteiger partial charge in [0.25, 0.3) is 0 Å². The van der Waals surface area contributed by atoms with E-state index in [1.54, 1.807) is 30.6 Å². The van der Waals surface area contributed by atoms with Crippen molar-refractivity contribution in [2.75, 3.05) is 7.11 Å². The van der Waals surface area contributed by atoms with Gasteiger partial charge >= 0.3 is 0 Å². The Bertz CT molecular complexity index is 1000. The van der Waals surface area contributed by atoms with Crippen LogP contribution in [0.25, 0.3) is 6.08 Å². The van der Waals surface area contributed by atoms with Gasteiger partial charge in [0.15, 0.2) is 5.76 Å². The van der Waals surface area contributed by atoms with Crippen LogP contribution >= 0.6 is 11.3 Å². The molecule has 0 spiro atoms. The normalized spacial score (nSPS) is 14.1. The molecule has 5 heteroatoms. The van der Waals surface area contributed by atoms with E-state index in [4.69, 9.17) is 14.2 Å². The summed E-state index contributed by atoms with van der Waals surface area (Å²) in [7, 11) is 1.64. The lowest BCUT2D eigenvalue weighted by Crippen LogP contribution is -2.00. The van der Waals surface area contributed by atoms with E-state index >= 15 is 0 Å². The van der Waals surface area contributed by atoms with Gasteiger partial charge in [-0.05, 0) is 47.7 Å². The molecular formula is C22H18O4S. The Morgan fingerprint density at radius 2 is 1.93 bits per heavy atom. The van der Waals surface area contributed by atoms with Crippen molar-refractivity contribution >= 4 is 23.2 Å². The van der Waals surface area contributed by atoms with Crippen molar-refractivity contribution in [1.82, 2.24) is 0 Å². The third-order valence-corrected chi connectivity index (χ3v) is 5.14. The lowest BCUT2D eigenvalue weighted by Gasteiger charge is -2.09. The Labute approximate surface area is 161 Å². The average Bonchev–Trinajstić information content (AvgIpc) is 3.29. The number of rotatable bonds is 5. The third-order valence-electron chi connectivity index (χ3n) is 4.32. The smallest absolute Gasteiger partial charge is 0.232 e. The van der Waals surface area contributed by atoms with E-state index in [-0.39, 0.29) is 5.78 Å².